The predicted octanol–water partition coefficient (Wildman–Crippen LogP) is -0.271. The van der Waals surface area contributed by atoms with Gasteiger partial charge in [0.15, 0.2) is 5.79 Å². The summed E-state index contributed by atoms with van der Waals surface area (Å²) in [5.41, 5.74) is 10.8. The Labute approximate surface area is 83.7 Å². The molecule has 1 rings (SSSR count). The monoisotopic (exact) mass is 202 g/mol. The van der Waals surface area contributed by atoms with Crippen LogP contribution < -0.4 is 11.5 Å². The van der Waals surface area contributed by atoms with Crippen LogP contribution in [0.2, 0.25) is 0 Å². The second kappa shape index (κ2) is 3.84. The molecule has 5 heteroatoms. The quantitative estimate of drug-likeness (QED) is 0.659. The topological polar surface area (TPSA) is 87.6 Å². The molecule has 0 saturated carbocycles. The average molecular weight is 202 g/mol. The molecule has 1 fully saturated rings. The fourth-order valence-electron chi connectivity index (χ4n) is 1.75. The first-order chi connectivity index (χ1) is 6.32. The van der Waals surface area contributed by atoms with Gasteiger partial charge in [-0.05, 0) is 20.8 Å². The van der Waals surface area contributed by atoms with Crippen molar-refractivity contribution in [2.24, 2.45) is 11.5 Å². The lowest BCUT2D eigenvalue weighted by Crippen LogP contribution is -2.43. The summed E-state index contributed by atoms with van der Waals surface area (Å²) in [4.78, 5) is 10.7. The van der Waals surface area contributed by atoms with Crippen LogP contribution in [0.1, 0.15) is 27.2 Å². The van der Waals surface area contributed by atoms with E-state index in [4.69, 9.17) is 20.9 Å². The molecule has 1 saturated heterocycles. The smallest absolute Gasteiger partial charge is 0.219 e. The summed E-state index contributed by atoms with van der Waals surface area (Å²) in [6, 6.07) is -0.399. The summed E-state index contributed by atoms with van der Waals surface area (Å²) in [6.07, 6.45) is -0.258. The van der Waals surface area contributed by atoms with Crippen molar-refractivity contribution in [3.63, 3.8) is 0 Å². The maximum atomic E-state index is 10.7. The summed E-state index contributed by atoms with van der Waals surface area (Å²) >= 11 is 0. The summed E-state index contributed by atoms with van der Waals surface area (Å²) < 4.78 is 11.1. The Morgan fingerprint density at radius 1 is 1.50 bits per heavy atom. The molecule has 1 heterocycles. The van der Waals surface area contributed by atoms with Gasteiger partial charge in [0.1, 0.15) is 6.10 Å². The third-order valence-electron chi connectivity index (χ3n) is 2.21. The minimum absolute atomic E-state index is 0.112. The van der Waals surface area contributed by atoms with Crippen molar-refractivity contribution in [3.05, 3.63) is 0 Å². The minimum Gasteiger partial charge on any atom is -0.370 e. The highest BCUT2D eigenvalue weighted by molar-refractivity contribution is 5.74. The Morgan fingerprint density at radius 2 is 2.07 bits per heavy atom. The van der Waals surface area contributed by atoms with Crippen LogP contribution in [0.15, 0.2) is 0 Å². The normalized spacial score (nSPS) is 32.9. The standard InChI is InChI=1S/C9H18N2O3/c1-5-8(6(10)4-7(11)12)14-9(2,3)13-5/h5-6,8H,4,10H2,1-3H3,(H2,11,12). The van der Waals surface area contributed by atoms with E-state index in [2.05, 4.69) is 0 Å². The van der Waals surface area contributed by atoms with E-state index in [1.807, 2.05) is 20.8 Å². The largest absolute Gasteiger partial charge is 0.370 e. The highest BCUT2D eigenvalue weighted by Gasteiger charge is 2.41. The molecule has 0 bridgehead atoms. The van der Waals surface area contributed by atoms with Crippen LogP contribution in [-0.4, -0.2) is 29.9 Å². The third kappa shape index (κ3) is 2.67. The van der Waals surface area contributed by atoms with E-state index in [-0.39, 0.29) is 18.6 Å². The molecule has 5 nitrogen and oxygen atoms in total. The lowest BCUT2D eigenvalue weighted by molar-refractivity contribution is -0.147. The predicted molar refractivity (Wildman–Crippen MR) is 51.3 cm³/mol. The van der Waals surface area contributed by atoms with Crippen LogP contribution in [0.25, 0.3) is 0 Å². The molecule has 0 aromatic rings. The van der Waals surface area contributed by atoms with Gasteiger partial charge >= 0.3 is 0 Å². The summed E-state index contributed by atoms with van der Waals surface area (Å²) in [7, 11) is 0. The third-order valence-corrected chi connectivity index (χ3v) is 2.21. The number of hydrogen-bond acceptors (Lipinski definition) is 4. The van der Waals surface area contributed by atoms with Gasteiger partial charge < -0.3 is 20.9 Å². The molecule has 3 atom stereocenters. The number of carbonyl (C=O) groups excluding carboxylic acids is 1. The highest BCUT2D eigenvalue weighted by atomic mass is 16.7. The van der Waals surface area contributed by atoms with Gasteiger partial charge in [-0.2, -0.15) is 0 Å². The van der Waals surface area contributed by atoms with Crippen LogP contribution in [0, 0.1) is 0 Å². The Hall–Kier alpha value is -0.650. The number of rotatable bonds is 3. The first-order valence-corrected chi connectivity index (χ1v) is 4.71. The first kappa shape index (κ1) is 11.4. The van der Waals surface area contributed by atoms with Gasteiger partial charge in [-0.3, -0.25) is 4.79 Å². The zero-order valence-electron chi connectivity index (χ0n) is 8.82. The lowest BCUT2D eigenvalue weighted by atomic mass is 10.0. The number of ether oxygens (including phenoxy) is 2. The van der Waals surface area contributed by atoms with Crippen molar-refractivity contribution < 1.29 is 14.3 Å². The van der Waals surface area contributed by atoms with E-state index >= 15 is 0 Å². The van der Waals surface area contributed by atoms with Crippen molar-refractivity contribution in [3.8, 4) is 0 Å². The number of amides is 1. The highest BCUT2D eigenvalue weighted by Crippen LogP contribution is 2.29. The van der Waals surface area contributed by atoms with E-state index in [9.17, 15) is 4.79 Å². The first-order valence-electron chi connectivity index (χ1n) is 4.71. The SMILES string of the molecule is CC1OC(C)(C)OC1C(N)CC(N)=O. The van der Waals surface area contributed by atoms with E-state index < -0.39 is 17.7 Å². The van der Waals surface area contributed by atoms with Crippen molar-refractivity contribution >= 4 is 5.91 Å². The number of carbonyl (C=O) groups is 1. The Bertz CT molecular complexity index is 230. The summed E-state index contributed by atoms with van der Waals surface area (Å²) in [5, 5.41) is 0. The van der Waals surface area contributed by atoms with Gasteiger partial charge in [0.25, 0.3) is 0 Å². The minimum atomic E-state index is -0.626. The molecule has 1 aliphatic rings. The summed E-state index contributed by atoms with van der Waals surface area (Å²) in [6.45, 7) is 5.52. The number of hydrogen-bond donors (Lipinski definition) is 2. The van der Waals surface area contributed by atoms with E-state index in [0.717, 1.165) is 0 Å². The molecule has 4 N–H and O–H groups in total. The maximum absolute atomic E-state index is 10.7. The average Bonchev–Trinajstić information content (AvgIpc) is 2.23. The van der Waals surface area contributed by atoms with Crippen LogP contribution in [0.5, 0.6) is 0 Å². The van der Waals surface area contributed by atoms with Crippen molar-refractivity contribution in [2.45, 2.75) is 51.2 Å². The zero-order valence-corrected chi connectivity index (χ0v) is 8.82. The van der Waals surface area contributed by atoms with Crippen molar-refractivity contribution in [1.29, 1.82) is 0 Å². The zero-order chi connectivity index (χ0) is 10.9. The van der Waals surface area contributed by atoms with Gasteiger partial charge in [-0.15, -0.1) is 0 Å². The van der Waals surface area contributed by atoms with Crippen LogP contribution in [-0.2, 0) is 14.3 Å². The molecule has 3 unspecified atom stereocenters. The molecule has 14 heavy (non-hydrogen) atoms. The number of primary amides is 1. The molecule has 82 valence electrons. The van der Waals surface area contributed by atoms with Gasteiger partial charge in [0, 0.05) is 12.5 Å². The Morgan fingerprint density at radius 3 is 2.43 bits per heavy atom. The Balaban J connectivity index is 2.57. The second-order valence-electron chi connectivity index (χ2n) is 4.14. The molecule has 0 radical (unpaired) electrons. The molecule has 0 aromatic heterocycles. The fraction of sp³-hybridized carbons (Fsp3) is 0.889. The van der Waals surface area contributed by atoms with E-state index in [1.165, 1.54) is 0 Å². The molecular formula is C9H18N2O3. The molecule has 1 amide bonds. The van der Waals surface area contributed by atoms with Crippen LogP contribution in [0.4, 0.5) is 0 Å². The molecule has 0 aliphatic carbocycles. The van der Waals surface area contributed by atoms with Gasteiger partial charge in [-0.25, -0.2) is 0 Å². The lowest BCUT2D eigenvalue weighted by Gasteiger charge is -2.20. The maximum Gasteiger partial charge on any atom is 0.219 e. The van der Waals surface area contributed by atoms with E-state index in [1.54, 1.807) is 0 Å². The van der Waals surface area contributed by atoms with Crippen LogP contribution in [0.3, 0.4) is 0 Å². The molecule has 0 spiro atoms. The molecule has 1 aliphatic heterocycles. The van der Waals surface area contributed by atoms with Gasteiger partial charge in [0.05, 0.1) is 6.10 Å². The van der Waals surface area contributed by atoms with Gasteiger partial charge in [0.2, 0.25) is 5.91 Å². The van der Waals surface area contributed by atoms with Crippen LogP contribution >= 0.6 is 0 Å². The van der Waals surface area contributed by atoms with Crippen molar-refractivity contribution in [1.82, 2.24) is 0 Å². The van der Waals surface area contributed by atoms with Crippen molar-refractivity contribution in [2.75, 3.05) is 0 Å². The number of nitrogens with two attached hydrogens (primary N) is 2. The molecule has 0 aromatic carbocycles. The summed E-state index contributed by atoms with van der Waals surface area (Å²) in [5.74, 6) is -1.04. The second-order valence-corrected chi connectivity index (χ2v) is 4.14. The molecular weight excluding hydrogens is 184 g/mol. The van der Waals surface area contributed by atoms with Gasteiger partial charge in [-0.1, -0.05) is 0 Å². The van der Waals surface area contributed by atoms with E-state index in [0.29, 0.717) is 0 Å². The Kier molecular flexibility index (Phi) is 3.14. The fourth-order valence-corrected chi connectivity index (χ4v) is 1.75.